The molecule has 1 saturated heterocycles. The van der Waals surface area contributed by atoms with Gasteiger partial charge in [0.1, 0.15) is 6.23 Å². The normalized spacial score (nSPS) is 23.9. The van der Waals surface area contributed by atoms with Gasteiger partial charge in [0.15, 0.2) is 11.2 Å². The fraction of sp³-hybridized carbons (Fsp3) is 0.500. The maximum Gasteiger partial charge on any atom is 0.244 e. The first kappa shape index (κ1) is 11.6. The van der Waals surface area contributed by atoms with E-state index in [4.69, 9.17) is 21.4 Å². The van der Waals surface area contributed by atoms with Crippen molar-refractivity contribution in [1.82, 2.24) is 19.5 Å². The minimum atomic E-state index is -0.252. The summed E-state index contributed by atoms with van der Waals surface area (Å²) in [5, 5.41) is 18.6. The molecule has 2 N–H and O–H groups in total. The van der Waals surface area contributed by atoms with Crippen LogP contribution >= 0.6 is 11.6 Å². The number of rotatable bonds is 2. The molecule has 7 nitrogen and oxygen atoms in total. The Hall–Kier alpha value is -1.44. The molecular formula is C10H11ClN4O3. The Morgan fingerprint density at radius 2 is 2.28 bits per heavy atom. The second-order valence-electron chi connectivity index (χ2n) is 4.11. The van der Waals surface area contributed by atoms with E-state index in [1.165, 1.54) is 6.33 Å². The predicted molar refractivity (Wildman–Crippen MR) is 62.2 cm³/mol. The molecule has 0 saturated carbocycles. The summed E-state index contributed by atoms with van der Waals surface area (Å²) < 4.78 is 7.32. The van der Waals surface area contributed by atoms with E-state index >= 15 is 0 Å². The topological polar surface area (TPSA) is 93.3 Å². The zero-order chi connectivity index (χ0) is 12.7. The van der Waals surface area contributed by atoms with Gasteiger partial charge in [-0.3, -0.25) is 4.57 Å². The van der Waals surface area contributed by atoms with Gasteiger partial charge in [-0.05, 0) is 24.4 Å². The minimum absolute atomic E-state index is 0.00980. The van der Waals surface area contributed by atoms with Crippen molar-refractivity contribution in [2.75, 3.05) is 6.61 Å². The summed E-state index contributed by atoms with van der Waals surface area (Å²) in [7, 11) is 0. The van der Waals surface area contributed by atoms with Crippen molar-refractivity contribution in [1.29, 1.82) is 0 Å². The Kier molecular flexibility index (Phi) is 2.81. The van der Waals surface area contributed by atoms with E-state index in [2.05, 4.69) is 15.0 Å². The number of aromatic nitrogens is 4. The van der Waals surface area contributed by atoms with E-state index in [9.17, 15) is 5.11 Å². The van der Waals surface area contributed by atoms with Crippen molar-refractivity contribution in [2.24, 2.45) is 0 Å². The molecule has 2 aromatic heterocycles. The Bertz CT molecular complexity index is 588. The lowest BCUT2D eigenvalue weighted by molar-refractivity contribution is -0.0207. The summed E-state index contributed by atoms with van der Waals surface area (Å²) in [5.74, 6) is -0.250. The molecule has 8 heteroatoms. The van der Waals surface area contributed by atoms with Gasteiger partial charge in [-0.25, -0.2) is 4.98 Å². The molecule has 3 rings (SSSR count). The average molecular weight is 271 g/mol. The predicted octanol–water partition coefficient (Wildman–Crippen LogP) is 0.855. The van der Waals surface area contributed by atoms with Crippen molar-refractivity contribution in [3.8, 4) is 5.88 Å². The fourth-order valence-electron chi connectivity index (χ4n) is 2.11. The smallest absolute Gasteiger partial charge is 0.244 e. The van der Waals surface area contributed by atoms with Crippen LogP contribution in [0.25, 0.3) is 11.2 Å². The summed E-state index contributed by atoms with van der Waals surface area (Å²) in [6, 6.07) is 0. The van der Waals surface area contributed by atoms with Crippen LogP contribution in [0.3, 0.4) is 0 Å². The van der Waals surface area contributed by atoms with Crippen LogP contribution in [0.1, 0.15) is 19.1 Å². The molecule has 1 aliphatic heterocycles. The van der Waals surface area contributed by atoms with Gasteiger partial charge >= 0.3 is 0 Å². The molecule has 0 amide bonds. The molecule has 2 aromatic rings. The highest BCUT2D eigenvalue weighted by Crippen LogP contribution is 2.31. The summed E-state index contributed by atoms with van der Waals surface area (Å²) in [6.45, 7) is -0.00980. The third kappa shape index (κ3) is 1.80. The van der Waals surface area contributed by atoms with Crippen molar-refractivity contribution in [2.45, 2.75) is 25.2 Å². The van der Waals surface area contributed by atoms with E-state index in [0.29, 0.717) is 5.65 Å². The second-order valence-corrected chi connectivity index (χ2v) is 4.45. The van der Waals surface area contributed by atoms with Gasteiger partial charge in [-0.2, -0.15) is 9.97 Å². The van der Waals surface area contributed by atoms with Crippen LogP contribution in [-0.2, 0) is 4.74 Å². The van der Waals surface area contributed by atoms with Gasteiger partial charge in [0.2, 0.25) is 11.2 Å². The van der Waals surface area contributed by atoms with Crippen molar-refractivity contribution < 1.29 is 14.9 Å². The van der Waals surface area contributed by atoms with Crippen LogP contribution in [-0.4, -0.2) is 42.4 Å². The van der Waals surface area contributed by atoms with Crippen molar-refractivity contribution >= 4 is 22.8 Å². The van der Waals surface area contributed by atoms with Crippen LogP contribution in [0, 0.1) is 0 Å². The number of halogens is 1. The van der Waals surface area contributed by atoms with E-state index in [-0.39, 0.29) is 35.6 Å². The molecule has 0 aromatic carbocycles. The molecule has 0 unspecified atom stereocenters. The lowest BCUT2D eigenvalue weighted by Gasteiger charge is -2.13. The summed E-state index contributed by atoms with van der Waals surface area (Å²) in [6.07, 6.45) is 2.63. The standard InChI is InChI=1S/C10H11ClN4O3/c11-10-13-8-7(9(17)14-10)12-4-15(8)6-2-1-5(3-16)18-6/h4-6,16H,1-3H2,(H,13,14,17)/t5-,6+/m0/s1. The zero-order valence-corrected chi connectivity index (χ0v) is 10.1. The second kappa shape index (κ2) is 4.34. The van der Waals surface area contributed by atoms with Gasteiger partial charge in [0.05, 0.1) is 19.0 Å². The Balaban J connectivity index is 2.03. The van der Waals surface area contributed by atoms with Crippen LogP contribution in [0.15, 0.2) is 6.33 Å². The molecule has 0 radical (unpaired) electrons. The third-order valence-electron chi connectivity index (χ3n) is 2.97. The highest BCUT2D eigenvalue weighted by atomic mass is 35.5. The number of hydrogen-bond donors (Lipinski definition) is 2. The number of ether oxygens (including phenoxy) is 1. The largest absolute Gasteiger partial charge is 0.492 e. The van der Waals surface area contributed by atoms with Gasteiger partial charge in [-0.1, -0.05) is 0 Å². The van der Waals surface area contributed by atoms with Crippen LogP contribution in [0.5, 0.6) is 5.88 Å². The van der Waals surface area contributed by atoms with Crippen LogP contribution in [0.2, 0.25) is 5.28 Å². The highest BCUT2D eigenvalue weighted by Gasteiger charge is 2.28. The minimum Gasteiger partial charge on any atom is -0.492 e. The van der Waals surface area contributed by atoms with Gasteiger partial charge < -0.3 is 14.9 Å². The first-order valence-corrected chi connectivity index (χ1v) is 5.92. The van der Waals surface area contributed by atoms with Gasteiger partial charge in [0.25, 0.3) is 0 Å². The first-order valence-electron chi connectivity index (χ1n) is 5.54. The number of aliphatic hydroxyl groups is 1. The highest BCUT2D eigenvalue weighted by molar-refractivity contribution is 6.28. The number of hydrogen-bond acceptors (Lipinski definition) is 6. The molecule has 96 valence electrons. The molecular weight excluding hydrogens is 260 g/mol. The molecule has 1 aliphatic rings. The average Bonchev–Trinajstić information content (AvgIpc) is 2.93. The Morgan fingerprint density at radius 1 is 1.44 bits per heavy atom. The molecule has 0 bridgehead atoms. The van der Waals surface area contributed by atoms with Gasteiger partial charge in [0, 0.05) is 0 Å². The number of aromatic hydroxyl groups is 1. The quantitative estimate of drug-likeness (QED) is 0.786. The third-order valence-corrected chi connectivity index (χ3v) is 3.14. The van der Waals surface area contributed by atoms with Crippen LogP contribution in [0.4, 0.5) is 0 Å². The Labute approximate surface area is 107 Å². The first-order chi connectivity index (χ1) is 8.69. The SMILES string of the molecule is OC[C@@H]1CC[C@H](n2cnc3c(O)nc(Cl)nc32)O1. The zero-order valence-electron chi connectivity index (χ0n) is 9.32. The van der Waals surface area contributed by atoms with Crippen LogP contribution < -0.4 is 0 Å². The lowest BCUT2D eigenvalue weighted by atomic mass is 10.2. The maximum atomic E-state index is 9.61. The summed E-state index contributed by atoms with van der Waals surface area (Å²) in [5.41, 5.74) is 0.714. The summed E-state index contributed by atoms with van der Waals surface area (Å²) >= 11 is 5.71. The van der Waals surface area contributed by atoms with E-state index < -0.39 is 0 Å². The molecule has 0 aliphatic carbocycles. The summed E-state index contributed by atoms with van der Waals surface area (Å²) in [4.78, 5) is 11.7. The number of aliphatic hydroxyl groups excluding tert-OH is 1. The number of imidazole rings is 1. The molecule has 18 heavy (non-hydrogen) atoms. The fourth-order valence-corrected chi connectivity index (χ4v) is 2.27. The van der Waals surface area contributed by atoms with Gasteiger partial charge in [-0.15, -0.1) is 0 Å². The monoisotopic (exact) mass is 270 g/mol. The Morgan fingerprint density at radius 3 is 3.00 bits per heavy atom. The molecule has 2 atom stereocenters. The van der Waals surface area contributed by atoms with E-state index in [1.807, 2.05) is 0 Å². The lowest BCUT2D eigenvalue weighted by Crippen LogP contribution is -2.14. The number of nitrogens with zero attached hydrogens (tertiary/aromatic N) is 4. The molecule has 0 spiro atoms. The molecule has 1 fully saturated rings. The maximum absolute atomic E-state index is 9.61. The van der Waals surface area contributed by atoms with Crippen molar-refractivity contribution in [3.63, 3.8) is 0 Å². The van der Waals surface area contributed by atoms with E-state index in [1.54, 1.807) is 4.57 Å². The van der Waals surface area contributed by atoms with Crippen molar-refractivity contribution in [3.05, 3.63) is 11.6 Å². The molecule has 3 heterocycles. The number of fused-ring (bicyclic) bond motifs is 1. The van der Waals surface area contributed by atoms with E-state index in [0.717, 1.165) is 12.8 Å².